The summed E-state index contributed by atoms with van der Waals surface area (Å²) in [7, 11) is 6.00. The van der Waals surface area contributed by atoms with Crippen molar-refractivity contribution in [3.8, 4) is 0 Å². The van der Waals surface area contributed by atoms with Crippen LogP contribution in [0.5, 0.6) is 0 Å². The lowest BCUT2D eigenvalue weighted by Gasteiger charge is -2.17. The van der Waals surface area contributed by atoms with E-state index in [0.717, 1.165) is 24.2 Å². The summed E-state index contributed by atoms with van der Waals surface area (Å²) < 4.78 is 0. The van der Waals surface area contributed by atoms with Crippen LogP contribution < -0.4 is 10.2 Å². The largest absolute Gasteiger partial charge is 0.378 e. The standard InChI is InChI=1S/C21H29N3O/c1-5-17-6-8-19(9-7-17)15-24(4)16-21(25)22-14-18-10-12-20(13-11-18)23(2)3/h6-13H,5,14-16H2,1-4H3,(H,22,25). The number of benzene rings is 2. The van der Waals surface area contributed by atoms with Crippen LogP contribution in [0.15, 0.2) is 48.5 Å². The molecule has 0 heterocycles. The fraction of sp³-hybridized carbons (Fsp3) is 0.381. The van der Waals surface area contributed by atoms with Gasteiger partial charge < -0.3 is 10.2 Å². The monoisotopic (exact) mass is 339 g/mol. The van der Waals surface area contributed by atoms with Crippen molar-refractivity contribution in [1.29, 1.82) is 0 Å². The summed E-state index contributed by atoms with van der Waals surface area (Å²) >= 11 is 0. The highest BCUT2D eigenvalue weighted by molar-refractivity contribution is 5.78. The van der Waals surface area contributed by atoms with Gasteiger partial charge in [-0.15, -0.1) is 0 Å². The van der Waals surface area contributed by atoms with E-state index >= 15 is 0 Å². The summed E-state index contributed by atoms with van der Waals surface area (Å²) in [6, 6.07) is 16.8. The molecule has 1 N–H and O–H groups in total. The first kappa shape index (κ1) is 19.0. The second-order valence-corrected chi connectivity index (χ2v) is 6.68. The Kier molecular flexibility index (Phi) is 7.02. The molecule has 0 atom stereocenters. The Morgan fingerprint density at radius 1 is 0.880 bits per heavy atom. The molecular formula is C21H29N3O. The van der Waals surface area contributed by atoms with E-state index in [1.165, 1.54) is 11.1 Å². The van der Waals surface area contributed by atoms with Crippen LogP contribution in [0.25, 0.3) is 0 Å². The van der Waals surface area contributed by atoms with Gasteiger partial charge in [0.25, 0.3) is 0 Å². The van der Waals surface area contributed by atoms with Gasteiger partial charge in [-0.05, 0) is 42.3 Å². The molecule has 0 aliphatic carbocycles. The highest BCUT2D eigenvalue weighted by atomic mass is 16.2. The van der Waals surface area contributed by atoms with E-state index in [4.69, 9.17) is 0 Å². The molecule has 25 heavy (non-hydrogen) atoms. The molecule has 0 aliphatic rings. The highest BCUT2D eigenvalue weighted by Gasteiger charge is 2.07. The van der Waals surface area contributed by atoms with E-state index in [-0.39, 0.29) is 5.91 Å². The molecule has 4 heteroatoms. The van der Waals surface area contributed by atoms with Crippen molar-refractivity contribution in [3.05, 3.63) is 65.2 Å². The lowest BCUT2D eigenvalue weighted by atomic mass is 10.1. The first-order chi connectivity index (χ1) is 12.0. The Morgan fingerprint density at radius 3 is 2.00 bits per heavy atom. The van der Waals surface area contributed by atoms with Gasteiger partial charge in [-0.25, -0.2) is 0 Å². The van der Waals surface area contributed by atoms with Gasteiger partial charge >= 0.3 is 0 Å². The summed E-state index contributed by atoms with van der Waals surface area (Å²) in [6.07, 6.45) is 1.05. The Morgan fingerprint density at radius 2 is 1.44 bits per heavy atom. The summed E-state index contributed by atoms with van der Waals surface area (Å²) in [5, 5.41) is 2.99. The molecule has 0 saturated heterocycles. The molecule has 0 unspecified atom stereocenters. The average Bonchev–Trinajstić information content (AvgIpc) is 2.61. The first-order valence-electron chi connectivity index (χ1n) is 8.77. The molecule has 0 spiro atoms. The van der Waals surface area contributed by atoms with Crippen LogP contribution in [-0.2, 0) is 24.3 Å². The Balaban J connectivity index is 1.76. The zero-order valence-corrected chi connectivity index (χ0v) is 15.7. The third-order valence-corrected chi connectivity index (χ3v) is 4.24. The van der Waals surface area contributed by atoms with Crippen molar-refractivity contribution >= 4 is 11.6 Å². The third-order valence-electron chi connectivity index (χ3n) is 4.24. The van der Waals surface area contributed by atoms with Crippen LogP contribution in [0.2, 0.25) is 0 Å². The molecule has 2 aromatic rings. The number of hydrogen-bond donors (Lipinski definition) is 1. The predicted molar refractivity (Wildman–Crippen MR) is 105 cm³/mol. The van der Waals surface area contributed by atoms with Crippen LogP contribution in [0.1, 0.15) is 23.6 Å². The van der Waals surface area contributed by atoms with Crippen LogP contribution >= 0.6 is 0 Å². The molecule has 0 aliphatic heterocycles. The van der Waals surface area contributed by atoms with Crippen molar-refractivity contribution in [2.24, 2.45) is 0 Å². The van der Waals surface area contributed by atoms with Crippen molar-refractivity contribution < 1.29 is 4.79 Å². The lowest BCUT2D eigenvalue weighted by molar-refractivity contribution is -0.122. The number of aryl methyl sites for hydroxylation is 1. The molecule has 0 fully saturated rings. The maximum absolute atomic E-state index is 12.1. The Labute approximate surface area is 151 Å². The minimum absolute atomic E-state index is 0.0457. The van der Waals surface area contributed by atoms with Gasteiger partial charge in [0.15, 0.2) is 0 Å². The molecule has 0 aromatic heterocycles. The van der Waals surface area contributed by atoms with Gasteiger partial charge in [-0.3, -0.25) is 9.69 Å². The zero-order chi connectivity index (χ0) is 18.2. The Bertz CT molecular complexity index is 663. The van der Waals surface area contributed by atoms with Crippen molar-refractivity contribution in [3.63, 3.8) is 0 Å². The second-order valence-electron chi connectivity index (χ2n) is 6.68. The number of rotatable bonds is 8. The molecule has 0 bridgehead atoms. The Hall–Kier alpha value is -2.33. The van der Waals surface area contributed by atoms with Crippen LogP contribution in [0.4, 0.5) is 5.69 Å². The summed E-state index contributed by atoms with van der Waals surface area (Å²) in [4.78, 5) is 16.2. The molecule has 0 radical (unpaired) electrons. The maximum Gasteiger partial charge on any atom is 0.234 e. The maximum atomic E-state index is 12.1. The van der Waals surface area contributed by atoms with Crippen molar-refractivity contribution in [1.82, 2.24) is 10.2 Å². The second kappa shape index (κ2) is 9.23. The molecule has 4 nitrogen and oxygen atoms in total. The molecular weight excluding hydrogens is 310 g/mol. The topological polar surface area (TPSA) is 35.6 Å². The molecule has 1 amide bonds. The van der Waals surface area contributed by atoms with Gasteiger partial charge in [-0.1, -0.05) is 43.3 Å². The van der Waals surface area contributed by atoms with Crippen LogP contribution in [0.3, 0.4) is 0 Å². The highest BCUT2D eigenvalue weighted by Crippen LogP contribution is 2.12. The predicted octanol–water partition coefficient (Wildman–Crippen LogP) is 3.06. The van der Waals surface area contributed by atoms with Gasteiger partial charge in [0.05, 0.1) is 6.54 Å². The fourth-order valence-corrected chi connectivity index (χ4v) is 2.66. The van der Waals surface area contributed by atoms with E-state index in [0.29, 0.717) is 13.1 Å². The normalized spacial score (nSPS) is 10.8. The summed E-state index contributed by atoms with van der Waals surface area (Å²) in [5.41, 5.74) is 4.83. The lowest BCUT2D eigenvalue weighted by Crippen LogP contribution is -2.34. The fourth-order valence-electron chi connectivity index (χ4n) is 2.66. The number of carbonyl (C=O) groups is 1. The van der Waals surface area contributed by atoms with E-state index in [1.807, 2.05) is 26.0 Å². The quantitative estimate of drug-likeness (QED) is 0.803. The van der Waals surface area contributed by atoms with Gasteiger partial charge in [-0.2, -0.15) is 0 Å². The number of amides is 1. The average molecular weight is 339 g/mol. The van der Waals surface area contributed by atoms with E-state index in [2.05, 4.69) is 65.7 Å². The number of anilines is 1. The summed E-state index contributed by atoms with van der Waals surface area (Å²) in [6.45, 7) is 3.88. The molecule has 2 rings (SSSR count). The first-order valence-corrected chi connectivity index (χ1v) is 8.77. The smallest absolute Gasteiger partial charge is 0.234 e. The molecule has 134 valence electrons. The SMILES string of the molecule is CCc1ccc(CN(C)CC(=O)NCc2ccc(N(C)C)cc2)cc1. The number of carbonyl (C=O) groups excluding carboxylic acids is 1. The van der Waals surface area contributed by atoms with Crippen molar-refractivity contribution in [2.45, 2.75) is 26.4 Å². The third kappa shape index (κ3) is 6.24. The van der Waals surface area contributed by atoms with Gasteiger partial charge in [0.2, 0.25) is 5.91 Å². The number of nitrogens with zero attached hydrogens (tertiary/aromatic N) is 2. The number of likely N-dealkylation sites (N-methyl/N-ethyl adjacent to an activating group) is 1. The van der Waals surface area contributed by atoms with E-state index in [9.17, 15) is 4.79 Å². The minimum Gasteiger partial charge on any atom is -0.378 e. The zero-order valence-electron chi connectivity index (χ0n) is 15.7. The van der Waals surface area contributed by atoms with E-state index in [1.54, 1.807) is 0 Å². The van der Waals surface area contributed by atoms with Crippen LogP contribution in [-0.4, -0.2) is 38.5 Å². The van der Waals surface area contributed by atoms with Gasteiger partial charge in [0, 0.05) is 32.9 Å². The van der Waals surface area contributed by atoms with E-state index < -0.39 is 0 Å². The summed E-state index contributed by atoms with van der Waals surface area (Å²) in [5.74, 6) is 0.0457. The van der Waals surface area contributed by atoms with Crippen LogP contribution in [0, 0.1) is 0 Å². The molecule has 2 aromatic carbocycles. The minimum atomic E-state index is 0.0457. The number of hydrogen-bond acceptors (Lipinski definition) is 3. The number of nitrogens with one attached hydrogen (secondary N) is 1. The van der Waals surface area contributed by atoms with Gasteiger partial charge in [0.1, 0.15) is 0 Å². The van der Waals surface area contributed by atoms with Crippen molar-refractivity contribution in [2.75, 3.05) is 32.6 Å². The molecule has 0 saturated carbocycles.